The Labute approximate surface area is 76.3 Å². The maximum atomic E-state index is 9.89. The minimum atomic E-state index is -3.77. The van der Waals surface area contributed by atoms with Gasteiger partial charge in [0.15, 0.2) is 0 Å². The molecule has 0 amide bonds. The van der Waals surface area contributed by atoms with Gasteiger partial charge in [0.2, 0.25) is 0 Å². The first-order valence-corrected chi connectivity index (χ1v) is 3.40. The summed E-state index contributed by atoms with van der Waals surface area (Å²) >= 11 is 0. The van der Waals surface area contributed by atoms with Crippen molar-refractivity contribution in [3.8, 4) is 0 Å². The topological polar surface area (TPSA) is 95.4 Å². The molecule has 0 aromatic heterocycles. The molecule has 0 aliphatic heterocycles. The number of rotatable bonds is 3. The van der Waals surface area contributed by atoms with Gasteiger partial charge in [0.25, 0.3) is 0 Å². The average Bonchev–Trinajstić information content (AvgIpc) is 1.59. The molecule has 0 aliphatic carbocycles. The Balaban J connectivity index is 0. The van der Waals surface area contributed by atoms with E-state index in [-0.39, 0.29) is 42.7 Å². The molecule has 9 heavy (non-hydrogen) atoms. The van der Waals surface area contributed by atoms with Crippen molar-refractivity contribution in [1.29, 1.82) is 0 Å². The number of hydrogen-bond donors (Lipinski definition) is 2. The average molecular weight is 163 g/mol. The molecule has 51 valence electrons. The van der Waals surface area contributed by atoms with E-state index in [2.05, 4.69) is 9.32 Å². The zero-order chi connectivity index (χ0) is 6.62. The predicted molar refractivity (Wildman–Crippen MR) is 33.9 cm³/mol. The zero-order valence-electron chi connectivity index (χ0n) is 5.20. The van der Waals surface area contributed by atoms with Crippen molar-refractivity contribution in [2.24, 2.45) is 10.9 Å². The molecule has 5 nitrogen and oxygen atoms in total. The monoisotopic (exact) mass is 163 g/mol. The summed E-state index contributed by atoms with van der Waals surface area (Å²) in [6.45, 7) is 0.0925. The zero-order valence-corrected chi connectivity index (χ0v) is 8.02. The van der Waals surface area contributed by atoms with Crippen LogP contribution in [0.15, 0.2) is 0 Å². The van der Waals surface area contributed by atoms with E-state index in [9.17, 15) is 8.42 Å². The van der Waals surface area contributed by atoms with Crippen LogP contribution in [0.1, 0.15) is 0 Å². The van der Waals surface area contributed by atoms with E-state index in [1.54, 1.807) is 0 Å². The van der Waals surface area contributed by atoms with Gasteiger partial charge in [-0.05, 0) is 0 Å². The summed E-state index contributed by atoms with van der Waals surface area (Å²) in [5, 5.41) is 4.42. The Bertz CT molecular complexity index is 144. The van der Waals surface area contributed by atoms with E-state index in [1.807, 2.05) is 0 Å². The minimum Gasteiger partial charge on any atom is -0.328 e. The fraction of sp³-hybridized carbons (Fsp3) is 1.00. The SMILES string of the molecule is NCCOS(N)(=O)=O.[Na]. The van der Waals surface area contributed by atoms with Gasteiger partial charge in [-0.15, -0.1) is 0 Å². The maximum Gasteiger partial charge on any atom is 0.333 e. The van der Waals surface area contributed by atoms with Crippen LogP contribution in [0.2, 0.25) is 0 Å². The first kappa shape index (κ1) is 12.5. The van der Waals surface area contributed by atoms with Crippen molar-refractivity contribution in [2.45, 2.75) is 0 Å². The van der Waals surface area contributed by atoms with Crippen molar-refractivity contribution in [1.82, 2.24) is 0 Å². The van der Waals surface area contributed by atoms with Gasteiger partial charge < -0.3 is 5.73 Å². The van der Waals surface area contributed by atoms with E-state index in [0.717, 1.165) is 0 Å². The molecule has 0 fully saturated rings. The Morgan fingerprint density at radius 1 is 1.44 bits per heavy atom. The maximum absolute atomic E-state index is 9.89. The second kappa shape index (κ2) is 5.60. The van der Waals surface area contributed by atoms with Crippen molar-refractivity contribution < 1.29 is 12.6 Å². The third-order valence-corrected chi connectivity index (χ3v) is 0.861. The minimum absolute atomic E-state index is 0. The molecule has 0 spiro atoms. The van der Waals surface area contributed by atoms with Gasteiger partial charge in [0.1, 0.15) is 0 Å². The van der Waals surface area contributed by atoms with Crippen LogP contribution in [0, 0.1) is 0 Å². The molecule has 0 aromatic carbocycles. The Morgan fingerprint density at radius 3 is 2.00 bits per heavy atom. The van der Waals surface area contributed by atoms with Crippen LogP contribution >= 0.6 is 0 Å². The summed E-state index contributed by atoms with van der Waals surface area (Å²) in [7, 11) is -3.77. The molecule has 0 bridgehead atoms. The Kier molecular flexibility index (Phi) is 7.78. The number of nitrogens with two attached hydrogens (primary N) is 2. The van der Waals surface area contributed by atoms with Crippen LogP contribution in [-0.2, 0) is 14.5 Å². The van der Waals surface area contributed by atoms with Gasteiger partial charge >= 0.3 is 10.3 Å². The molecule has 0 rings (SSSR count). The molecule has 4 N–H and O–H groups in total. The van der Waals surface area contributed by atoms with Gasteiger partial charge in [-0.2, -0.15) is 8.42 Å². The van der Waals surface area contributed by atoms with Crippen LogP contribution in [0.3, 0.4) is 0 Å². The molecule has 0 heterocycles. The smallest absolute Gasteiger partial charge is 0.328 e. The molecule has 7 heteroatoms. The summed E-state index contributed by atoms with van der Waals surface area (Å²) in [6, 6.07) is 0. The third kappa shape index (κ3) is 12.1. The largest absolute Gasteiger partial charge is 0.333 e. The number of hydrogen-bond acceptors (Lipinski definition) is 4. The van der Waals surface area contributed by atoms with Gasteiger partial charge in [-0.25, -0.2) is 5.14 Å². The fourth-order valence-corrected chi connectivity index (χ4v) is 0.493. The molecular weight excluding hydrogens is 155 g/mol. The molecule has 0 saturated carbocycles. The summed E-state index contributed by atoms with van der Waals surface area (Å²) < 4.78 is 23.8. The fourth-order valence-electron chi connectivity index (χ4n) is 0.164. The van der Waals surface area contributed by atoms with Crippen LogP contribution < -0.4 is 10.9 Å². The predicted octanol–water partition coefficient (Wildman–Crippen LogP) is -2.22. The molecule has 0 unspecified atom stereocenters. The first-order chi connectivity index (χ1) is 3.56. The first-order valence-electron chi connectivity index (χ1n) is 1.93. The standard InChI is InChI=1S/C2H8N2O3S.Na/c3-1-2-7-8(4,5)6;/h1-3H2,(H2,4,5,6);. The van der Waals surface area contributed by atoms with Gasteiger partial charge in [-0.3, -0.25) is 4.18 Å². The summed E-state index contributed by atoms with van der Waals surface area (Å²) in [5.41, 5.74) is 4.89. The molecule has 1 radical (unpaired) electrons. The van der Waals surface area contributed by atoms with E-state index in [0.29, 0.717) is 0 Å². The van der Waals surface area contributed by atoms with Crippen molar-refractivity contribution in [3.05, 3.63) is 0 Å². The molecular formula is C2H8N2NaO3S. The van der Waals surface area contributed by atoms with Crippen molar-refractivity contribution in [2.75, 3.05) is 13.2 Å². The summed E-state index contributed by atoms with van der Waals surface area (Å²) in [4.78, 5) is 0. The van der Waals surface area contributed by atoms with E-state index in [4.69, 9.17) is 5.73 Å². The van der Waals surface area contributed by atoms with Gasteiger partial charge in [0.05, 0.1) is 6.61 Å². The Morgan fingerprint density at radius 2 is 1.89 bits per heavy atom. The summed E-state index contributed by atoms with van der Waals surface area (Å²) in [6.07, 6.45) is 0. The van der Waals surface area contributed by atoms with E-state index in [1.165, 1.54) is 0 Å². The van der Waals surface area contributed by atoms with Crippen LogP contribution in [0.4, 0.5) is 0 Å². The molecule has 0 saturated heterocycles. The van der Waals surface area contributed by atoms with Crippen molar-refractivity contribution >= 4 is 39.9 Å². The Hall–Kier alpha value is 0.830. The molecule has 0 aliphatic rings. The van der Waals surface area contributed by atoms with Gasteiger partial charge in [-0.1, -0.05) is 0 Å². The quantitative estimate of drug-likeness (QED) is 0.461. The second-order valence-electron chi connectivity index (χ2n) is 1.10. The second-order valence-corrected chi connectivity index (χ2v) is 2.32. The van der Waals surface area contributed by atoms with Crippen LogP contribution in [0.5, 0.6) is 0 Å². The van der Waals surface area contributed by atoms with Crippen molar-refractivity contribution in [3.63, 3.8) is 0 Å². The third-order valence-electron chi connectivity index (χ3n) is 0.365. The van der Waals surface area contributed by atoms with E-state index >= 15 is 0 Å². The summed E-state index contributed by atoms with van der Waals surface area (Å²) in [5.74, 6) is 0. The molecule has 0 aromatic rings. The van der Waals surface area contributed by atoms with Gasteiger partial charge in [0, 0.05) is 36.1 Å². The van der Waals surface area contributed by atoms with E-state index < -0.39 is 10.3 Å². The van der Waals surface area contributed by atoms with Crippen LogP contribution in [0.25, 0.3) is 0 Å². The van der Waals surface area contributed by atoms with Crippen LogP contribution in [-0.4, -0.2) is 51.1 Å². The normalized spacial score (nSPS) is 10.4. The molecule has 0 atom stereocenters.